The Morgan fingerprint density at radius 2 is 2.06 bits per heavy atom. The van der Waals surface area contributed by atoms with Gasteiger partial charge in [0, 0.05) is 25.0 Å². The summed E-state index contributed by atoms with van der Waals surface area (Å²) >= 11 is 0. The van der Waals surface area contributed by atoms with Crippen molar-refractivity contribution in [1.29, 1.82) is 0 Å². The number of aromatic nitrogens is 1. The minimum absolute atomic E-state index is 0.164. The number of rotatable bonds is 3. The Bertz CT molecular complexity index is 512. The maximum atomic E-state index is 13.5. The van der Waals surface area contributed by atoms with Gasteiger partial charge in [-0.3, -0.25) is 4.98 Å². The monoisotopic (exact) mass is 234 g/mol. The van der Waals surface area contributed by atoms with Crippen LogP contribution in [0.4, 0.5) is 14.5 Å². The highest BCUT2D eigenvalue weighted by molar-refractivity contribution is 5.47. The minimum atomic E-state index is -0.451. The number of halogens is 2. The fourth-order valence-electron chi connectivity index (χ4n) is 1.48. The topological polar surface area (TPSA) is 24.9 Å². The van der Waals surface area contributed by atoms with Gasteiger partial charge >= 0.3 is 0 Å². The third-order valence-corrected chi connectivity index (χ3v) is 2.45. The van der Waals surface area contributed by atoms with Gasteiger partial charge in [-0.1, -0.05) is 6.07 Å². The summed E-state index contributed by atoms with van der Waals surface area (Å²) in [6.45, 7) is 1.94. The van der Waals surface area contributed by atoms with Gasteiger partial charge in [-0.25, -0.2) is 8.78 Å². The Morgan fingerprint density at radius 3 is 2.76 bits per heavy atom. The van der Waals surface area contributed by atoms with Crippen LogP contribution >= 0.6 is 0 Å². The highest BCUT2D eigenvalue weighted by Crippen LogP contribution is 2.19. The van der Waals surface area contributed by atoms with Crippen molar-refractivity contribution in [3.05, 3.63) is 59.4 Å². The van der Waals surface area contributed by atoms with Crippen molar-refractivity contribution in [2.45, 2.75) is 13.5 Å². The molecule has 0 bridgehead atoms. The van der Waals surface area contributed by atoms with Crippen LogP contribution in [0.25, 0.3) is 0 Å². The van der Waals surface area contributed by atoms with Crippen LogP contribution in [0.5, 0.6) is 0 Å². The van der Waals surface area contributed by atoms with Crippen LogP contribution in [-0.2, 0) is 6.54 Å². The molecule has 0 aliphatic heterocycles. The Labute approximate surface area is 98.3 Å². The molecule has 0 radical (unpaired) electrons. The second kappa shape index (κ2) is 4.91. The number of anilines is 1. The van der Waals surface area contributed by atoms with E-state index in [9.17, 15) is 8.78 Å². The van der Waals surface area contributed by atoms with Gasteiger partial charge in [-0.05, 0) is 30.2 Å². The van der Waals surface area contributed by atoms with E-state index < -0.39 is 11.6 Å². The number of benzene rings is 1. The molecule has 1 N–H and O–H groups in total. The zero-order valence-electron chi connectivity index (χ0n) is 9.37. The summed E-state index contributed by atoms with van der Waals surface area (Å²) < 4.78 is 26.8. The van der Waals surface area contributed by atoms with E-state index in [-0.39, 0.29) is 5.69 Å². The number of hydrogen-bond donors (Lipinski definition) is 1. The fraction of sp³-hybridized carbons (Fsp3) is 0.154. The van der Waals surface area contributed by atoms with E-state index >= 15 is 0 Å². The van der Waals surface area contributed by atoms with E-state index in [1.54, 1.807) is 18.5 Å². The van der Waals surface area contributed by atoms with Crippen LogP contribution < -0.4 is 5.32 Å². The quantitative estimate of drug-likeness (QED) is 0.881. The molecule has 0 amide bonds. The van der Waals surface area contributed by atoms with E-state index in [0.29, 0.717) is 12.1 Å². The van der Waals surface area contributed by atoms with E-state index in [1.165, 1.54) is 19.1 Å². The number of aryl methyl sites for hydroxylation is 1. The summed E-state index contributed by atoms with van der Waals surface area (Å²) in [5.74, 6) is -0.868. The molecule has 1 aromatic heterocycles. The standard InChI is InChI=1S/C13H12F2N2/c1-9-5-12(15)13(6-11(9)14)17-8-10-3-2-4-16-7-10/h2-7,17H,8H2,1H3. The van der Waals surface area contributed by atoms with Crippen LogP contribution in [-0.4, -0.2) is 4.98 Å². The first-order valence-electron chi connectivity index (χ1n) is 5.25. The number of nitrogens with zero attached hydrogens (tertiary/aromatic N) is 1. The van der Waals surface area contributed by atoms with Crippen molar-refractivity contribution in [2.24, 2.45) is 0 Å². The fourth-order valence-corrected chi connectivity index (χ4v) is 1.48. The predicted octanol–water partition coefficient (Wildman–Crippen LogP) is 3.28. The van der Waals surface area contributed by atoms with Crippen LogP contribution in [0.3, 0.4) is 0 Å². The van der Waals surface area contributed by atoms with Gasteiger partial charge in [-0.2, -0.15) is 0 Å². The molecule has 0 atom stereocenters. The lowest BCUT2D eigenvalue weighted by molar-refractivity contribution is 0.594. The first kappa shape index (κ1) is 11.5. The maximum Gasteiger partial charge on any atom is 0.146 e. The molecular formula is C13H12F2N2. The normalized spacial score (nSPS) is 10.3. The number of pyridine rings is 1. The summed E-state index contributed by atoms with van der Waals surface area (Å²) in [5, 5.41) is 2.84. The molecule has 0 saturated heterocycles. The van der Waals surface area contributed by atoms with Gasteiger partial charge < -0.3 is 5.32 Å². The molecule has 2 aromatic rings. The molecule has 0 aliphatic carbocycles. The summed E-state index contributed by atoms with van der Waals surface area (Å²) in [4.78, 5) is 3.94. The SMILES string of the molecule is Cc1cc(F)c(NCc2cccnc2)cc1F. The Kier molecular flexibility index (Phi) is 3.32. The van der Waals surface area contributed by atoms with Crippen molar-refractivity contribution >= 4 is 5.69 Å². The zero-order chi connectivity index (χ0) is 12.3. The smallest absolute Gasteiger partial charge is 0.146 e. The molecule has 0 aliphatic rings. The van der Waals surface area contributed by atoms with Gasteiger partial charge in [0.1, 0.15) is 11.6 Å². The van der Waals surface area contributed by atoms with Gasteiger partial charge in [0.2, 0.25) is 0 Å². The molecular weight excluding hydrogens is 222 g/mol. The van der Waals surface area contributed by atoms with E-state index in [2.05, 4.69) is 10.3 Å². The molecule has 2 rings (SSSR count). The van der Waals surface area contributed by atoms with E-state index in [0.717, 1.165) is 5.56 Å². The van der Waals surface area contributed by atoms with Crippen molar-refractivity contribution < 1.29 is 8.78 Å². The van der Waals surface area contributed by atoms with Crippen molar-refractivity contribution in [2.75, 3.05) is 5.32 Å². The van der Waals surface area contributed by atoms with Gasteiger partial charge in [0.05, 0.1) is 5.69 Å². The second-order valence-electron chi connectivity index (χ2n) is 3.80. The Balaban J connectivity index is 2.12. The lowest BCUT2D eigenvalue weighted by atomic mass is 10.2. The van der Waals surface area contributed by atoms with Crippen LogP contribution in [0.2, 0.25) is 0 Å². The average Bonchev–Trinajstić information content (AvgIpc) is 2.33. The van der Waals surface area contributed by atoms with Crippen molar-refractivity contribution in [1.82, 2.24) is 4.98 Å². The Morgan fingerprint density at radius 1 is 1.24 bits per heavy atom. The largest absolute Gasteiger partial charge is 0.378 e. The third kappa shape index (κ3) is 2.78. The third-order valence-electron chi connectivity index (χ3n) is 2.45. The van der Waals surface area contributed by atoms with Crippen LogP contribution in [0.1, 0.15) is 11.1 Å². The first-order chi connectivity index (χ1) is 8.16. The maximum absolute atomic E-state index is 13.5. The molecule has 2 nitrogen and oxygen atoms in total. The van der Waals surface area contributed by atoms with Crippen molar-refractivity contribution in [3.8, 4) is 0 Å². The minimum Gasteiger partial charge on any atom is -0.378 e. The molecule has 0 unspecified atom stereocenters. The molecule has 0 spiro atoms. The second-order valence-corrected chi connectivity index (χ2v) is 3.80. The van der Waals surface area contributed by atoms with Gasteiger partial charge in [0.25, 0.3) is 0 Å². The molecule has 0 fully saturated rings. The molecule has 0 saturated carbocycles. The van der Waals surface area contributed by atoms with Gasteiger partial charge in [-0.15, -0.1) is 0 Å². The van der Waals surface area contributed by atoms with Crippen LogP contribution in [0, 0.1) is 18.6 Å². The Hall–Kier alpha value is -1.97. The summed E-state index contributed by atoms with van der Waals surface area (Å²) in [7, 11) is 0. The highest BCUT2D eigenvalue weighted by atomic mass is 19.1. The molecule has 17 heavy (non-hydrogen) atoms. The molecule has 1 heterocycles. The first-order valence-corrected chi connectivity index (χ1v) is 5.25. The van der Waals surface area contributed by atoms with E-state index in [4.69, 9.17) is 0 Å². The van der Waals surface area contributed by atoms with Crippen LogP contribution in [0.15, 0.2) is 36.7 Å². The summed E-state index contributed by atoms with van der Waals surface area (Å²) in [5.41, 5.74) is 1.37. The van der Waals surface area contributed by atoms with E-state index in [1.807, 2.05) is 6.07 Å². The lowest BCUT2D eigenvalue weighted by Crippen LogP contribution is -2.03. The predicted molar refractivity (Wildman–Crippen MR) is 62.7 cm³/mol. The molecule has 4 heteroatoms. The average molecular weight is 234 g/mol. The number of nitrogens with one attached hydrogen (secondary N) is 1. The van der Waals surface area contributed by atoms with Crippen molar-refractivity contribution in [3.63, 3.8) is 0 Å². The lowest BCUT2D eigenvalue weighted by Gasteiger charge is -2.08. The molecule has 88 valence electrons. The summed E-state index contributed by atoms with van der Waals surface area (Å²) in [6, 6.07) is 6.01. The van der Waals surface area contributed by atoms with Gasteiger partial charge in [0.15, 0.2) is 0 Å². The zero-order valence-corrected chi connectivity index (χ0v) is 9.37. The summed E-state index contributed by atoms with van der Waals surface area (Å²) in [6.07, 6.45) is 3.34. The number of hydrogen-bond acceptors (Lipinski definition) is 2. The molecule has 1 aromatic carbocycles. The highest BCUT2D eigenvalue weighted by Gasteiger charge is 2.06.